The molecule has 0 spiro atoms. The van der Waals surface area contributed by atoms with Crippen molar-refractivity contribution >= 4 is 51.4 Å². The quantitative estimate of drug-likeness (QED) is 0.209. The van der Waals surface area contributed by atoms with E-state index in [1.165, 1.54) is 10.1 Å². The number of nitrogens with zero attached hydrogens (tertiary/aromatic N) is 1. The van der Waals surface area contributed by atoms with Gasteiger partial charge in [0.2, 0.25) is 0 Å². The van der Waals surface area contributed by atoms with Crippen molar-refractivity contribution in [3.63, 3.8) is 0 Å². The van der Waals surface area contributed by atoms with Crippen molar-refractivity contribution in [1.29, 1.82) is 0 Å². The van der Waals surface area contributed by atoms with Gasteiger partial charge in [-0.25, -0.2) is 0 Å². The highest BCUT2D eigenvalue weighted by Crippen LogP contribution is 2.29. The van der Waals surface area contributed by atoms with Crippen LogP contribution < -0.4 is 10.6 Å². The van der Waals surface area contributed by atoms with E-state index in [0.29, 0.717) is 12.5 Å². The molecule has 0 aliphatic rings. The lowest BCUT2D eigenvalue weighted by Crippen LogP contribution is -2.39. The van der Waals surface area contributed by atoms with Gasteiger partial charge in [0.1, 0.15) is 6.10 Å². The van der Waals surface area contributed by atoms with E-state index in [0.717, 1.165) is 17.8 Å². The van der Waals surface area contributed by atoms with Gasteiger partial charge in [-0.15, -0.1) is 35.3 Å². The van der Waals surface area contributed by atoms with Gasteiger partial charge in [0.15, 0.2) is 5.96 Å². The van der Waals surface area contributed by atoms with Crippen LogP contribution in [0.2, 0.25) is 0 Å². The van der Waals surface area contributed by atoms with Crippen LogP contribution in [0.25, 0.3) is 10.1 Å². The van der Waals surface area contributed by atoms with Crippen LogP contribution in [-0.2, 0) is 0 Å². The van der Waals surface area contributed by atoms with E-state index in [4.69, 9.17) is 0 Å². The van der Waals surface area contributed by atoms with Gasteiger partial charge in [-0.2, -0.15) is 0 Å². The Labute approximate surface area is 158 Å². The molecule has 23 heavy (non-hydrogen) atoms. The van der Waals surface area contributed by atoms with Crippen molar-refractivity contribution < 1.29 is 5.11 Å². The number of aliphatic hydroxyl groups excluding tert-OH is 1. The van der Waals surface area contributed by atoms with Crippen LogP contribution in [0.5, 0.6) is 0 Å². The maximum atomic E-state index is 10.3. The number of fused-ring (bicyclic) bond motifs is 1. The third kappa shape index (κ3) is 6.12. The van der Waals surface area contributed by atoms with E-state index in [-0.39, 0.29) is 24.0 Å². The zero-order valence-corrected chi connectivity index (χ0v) is 16.6. The maximum Gasteiger partial charge on any atom is 0.191 e. The third-order valence-electron chi connectivity index (χ3n) is 3.30. The van der Waals surface area contributed by atoms with Gasteiger partial charge in [-0.05, 0) is 30.9 Å². The van der Waals surface area contributed by atoms with E-state index >= 15 is 0 Å². The van der Waals surface area contributed by atoms with E-state index in [2.05, 4.69) is 39.9 Å². The molecule has 126 valence electrons. The summed E-state index contributed by atoms with van der Waals surface area (Å²) >= 11 is 1.63. The molecule has 1 unspecified atom stereocenters. The minimum atomic E-state index is -0.536. The number of nitrogens with one attached hydrogen (secondary N) is 2. The highest BCUT2D eigenvalue weighted by Gasteiger charge is 2.11. The Morgan fingerprint density at radius 1 is 1.35 bits per heavy atom. The Morgan fingerprint density at radius 2 is 2.13 bits per heavy atom. The zero-order valence-electron chi connectivity index (χ0n) is 13.5. The van der Waals surface area contributed by atoms with E-state index in [9.17, 15) is 5.11 Å². The third-order valence-corrected chi connectivity index (χ3v) is 4.52. The lowest BCUT2D eigenvalue weighted by Gasteiger charge is -2.14. The molecule has 0 aliphatic heterocycles. The van der Waals surface area contributed by atoms with Gasteiger partial charge in [-0.3, -0.25) is 4.99 Å². The summed E-state index contributed by atoms with van der Waals surface area (Å²) in [4.78, 5) is 5.13. The number of halogens is 1. The fourth-order valence-electron chi connectivity index (χ4n) is 2.12. The number of guanidine groups is 1. The molecule has 1 aromatic heterocycles. The van der Waals surface area contributed by atoms with Crippen molar-refractivity contribution in [3.8, 4) is 0 Å². The molecule has 0 amide bonds. The van der Waals surface area contributed by atoms with Crippen LogP contribution >= 0.6 is 35.3 Å². The molecular formula is C17H24IN3OS. The average Bonchev–Trinajstić information content (AvgIpc) is 2.98. The summed E-state index contributed by atoms with van der Waals surface area (Å²) in [6.45, 7) is 3.27. The lowest BCUT2D eigenvalue weighted by atomic mass is 10.2. The highest BCUT2D eigenvalue weighted by atomic mass is 127. The molecule has 0 saturated carbocycles. The standard InChI is InChI=1S/C17H23N3OS.HI/c1-3-4-7-10-19-17(18-2)20-12-14(21)16-11-13-8-5-6-9-15(13)22-16;/h3-6,8-9,11,14,21H,7,10,12H2,1-2H3,(H2,18,19,20);1H/b4-3+;. The first-order valence-electron chi connectivity index (χ1n) is 7.46. The molecule has 6 heteroatoms. The van der Waals surface area contributed by atoms with E-state index in [1.54, 1.807) is 18.4 Å². The number of allylic oxidation sites excluding steroid dienone is 1. The summed E-state index contributed by atoms with van der Waals surface area (Å²) in [7, 11) is 1.73. The summed E-state index contributed by atoms with van der Waals surface area (Å²) < 4.78 is 1.20. The minimum Gasteiger partial charge on any atom is -0.386 e. The number of aliphatic hydroxyl groups is 1. The molecule has 0 aliphatic carbocycles. The Kier molecular flexibility index (Phi) is 9.20. The monoisotopic (exact) mass is 445 g/mol. The molecule has 2 aromatic rings. The second-order valence-electron chi connectivity index (χ2n) is 4.94. The minimum absolute atomic E-state index is 0. The molecule has 0 fully saturated rings. The fourth-order valence-corrected chi connectivity index (χ4v) is 3.17. The van der Waals surface area contributed by atoms with Crippen molar-refractivity contribution in [2.45, 2.75) is 19.4 Å². The van der Waals surface area contributed by atoms with Crippen LogP contribution in [0.15, 0.2) is 47.5 Å². The summed E-state index contributed by atoms with van der Waals surface area (Å²) in [6.07, 6.45) is 4.55. The summed E-state index contributed by atoms with van der Waals surface area (Å²) in [5, 5.41) is 17.9. The number of rotatable bonds is 6. The molecule has 0 saturated heterocycles. The number of thiophene rings is 1. The Bertz CT molecular complexity index is 621. The molecular weight excluding hydrogens is 421 g/mol. The largest absolute Gasteiger partial charge is 0.386 e. The first kappa shape index (κ1) is 19.9. The van der Waals surface area contributed by atoms with Crippen molar-refractivity contribution in [3.05, 3.63) is 47.4 Å². The Hall–Kier alpha value is -1.12. The van der Waals surface area contributed by atoms with Crippen LogP contribution in [0, 0.1) is 0 Å². The second kappa shape index (κ2) is 10.6. The Balaban J connectivity index is 0.00000264. The van der Waals surface area contributed by atoms with Gasteiger partial charge >= 0.3 is 0 Å². The normalized spacial score (nSPS) is 13.1. The zero-order chi connectivity index (χ0) is 15.8. The second-order valence-corrected chi connectivity index (χ2v) is 6.06. The average molecular weight is 445 g/mol. The van der Waals surface area contributed by atoms with Gasteiger partial charge in [0, 0.05) is 29.7 Å². The number of hydrogen-bond acceptors (Lipinski definition) is 3. The SMILES string of the molecule is C/C=C/CCNC(=NC)NCC(O)c1cc2ccccc2s1.I. The van der Waals surface area contributed by atoms with Crippen LogP contribution in [-0.4, -0.2) is 31.2 Å². The van der Waals surface area contributed by atoms with E-state index in [1.807, 2.05) is 25.1 Å². The highest BCUT2D eigenvalue weighted by molar-refractivity contribution is 14.0. The topological polar surface area (TPSA) is 56.7 Å². The fraction of sp³-hybridized carbons (Fsp3) is 0.353. The molecule has 0 radical (unpaired) electrons. The van der Waals surface area contributed by atoms with Crippen LogP contribution in [0.1, 0.15) is 24.3 Å². The Morgan fingerprint density at radius 3 is 2.83 bits per heavy atom. The van der Waals surface area contributed by atoms with Gasteiger partial charge in [0.05, 0.1) is 0 Å². The smallest absolute Gasteiger partial charge is 0.191 e. The van der Waals surface area contributed by atoms with Crippen molar-refractivity contribution in [2.75, 3.05) is 20.1 Å². The maximum absolute atomic E-state index is 10.3. The van der Waals surface area contributed by atoms with Gasteiger partial charge < -0.3 is 15.7 Å². The summed E-state index contributed by atoms with van der Waals surface area (Å²) in [5.41, 5.74) is 0. The molecule has 1 aromatic carbocycles. The lowest BCUT2D eigenvalue weighted by molar-refractivity contribution is 0.184. The molecule has 4 nitrogen and oxygen atoms in total. The summed E-state index contributed by atoms with van der Waals surface area (Å²) in [5.74, 6) is 0.713. The van der Waals surface area contributed by atoms with Gasteiger partial charge in [-0.1, -0.05) is 30.4 Å². The predicted molar refractivity (Wildman–Crippen MR) is 111 cm³/mol. The van der Waals surface area contributed by atoms with Crippen LogP contribution in [0.3, 0.4) is 0 Å². The first-order valence-corrected chi connectivity index (χ1v) is 8.28. The molecule has 1 atom stereocenters. The predicted octanol–water partition coefficient (Wildman–Crippen LogP) is 3.68. The van der Waals surface area contributed by atoms with Crippen molar-refractivity contribution in [2.24, 2.45) is 4.99 Å². The molecule has 0 bridgehead atoms. The van der Waals surface area contributed by atoms with Gasteiger partial charge in [0.25, 0.3) is 0 Å². The number of hydrogen-bond donors (Lipinski definition) is 3. The molecule has 2 rings (SSSR count). The van der Waals surface area contributed by atoms with Crippen LogP contribution in [0.4, 0.5) is 0 Å². The van der Waals surface area contributed by atoms with Crippen molar-refractivity contribution in [1.82, 2.24) is 10.6 Å². The molecule has 3 N–H and O–H groups in total. The first-order chi connectivity index (χ1) is 10.7. The molecule has 1 heterocycles. The summed E-state index contributed by atoms with van der Waals surface area (Å²) in [6, 6.07) is 10.2. The number of benzene rings is 1. The van der Waals surface area contributed by atoms with E-state index < -0.39 is 6.10 Å². The number of aliphatic imine (C=N–C) groups is 1.